The number of aryl methyl sites for hydroxylation is 1. The number of aromatic amines is 1. The van der Waals surface area contributed by atoms with E-state index in [-0.39, 0.29) is 12.5 Å². The standard InChI is InChI=1S/C23H22N4O2/c1-15-11-18(14-28)19-8-4-6-17(22(19)27-15)12-16-5-2-3-7-20(16)23(29)26-13-21-24-9-10-25-21/h2-11,28H,12-14H2,1H3,(H,24,25)(H,26,29). The highest BCUT2D eigenvalue weighted by Crippen LogP contribution is 2.25. The number of hydrogen-bond acceptors (Lipinski definition) is 4. The van der Waals surface area contributed by atoms with Crippen LogP contribution in [0.15, 0.2) is 60.9 Å². The SMILES string of the molecule is Cc1cc(CO)c2cccc(Cc3ccccc3C(=O)NCc3ncc[nH]3)c2n1. The highest BCUT2D eigenvalue weighted by atomic mass is 16.3. The van der Waals surface area contributed by atoms with Crippen molar-refractivity contribution in [2.75, 3.05) is 0 Å². The maximum atomic E-state index is 12.8. The summed E-state index contributed by atoms with van der Waals surface area (Å²) in [6.07, 6.45) is 3.96. The van der Waals surface area contributed by atoms with Crippen molar-refractivity contribution in [1.82, 2.24) is 20.3 Å². The van der Waals surface area contributed by atoms with Crippen molar-refractivity contribution in [1.29, 1.82) is 0 Å². The van der Waals surface area contributed by atoms with E-state index in [0.717, 1.165) is 33.3 Å². The molecule has 2 aromatic heterocycles. The molecule has 146 valence electrons. The molecule has 2 aromatic carbocycles. The van der Waals surface area contributed by atoms with Crippen LogP contribution in [0, 0.1) is 6.92 Å². The largest absolute Gasteiger partial charge is 0.392 e. The van der Waals surface area contributed by atoms with E-state index < -0.39 is 0 Å². The van der Waals surface area contributed by atoms with Crippen molar-refractivity contribution >= 4 is 16.8 Å². The van der Waals surface area contributed by atoms with Gasteiger partial charge in [-0.05, 0) is 35.7 Å². The van der Waals surface area contributed by atoms with Crippen molar-refractivity contribution in [3.8, 4) is 0 Å². The summed E-state index contributed by atoms with van der Waals surface area (Å²) in [5.41, 5.74) is 5.16. The third-order valence-corrected chi connectivity index (χ3v) is 4.92. The number of rotatable bonds is 6. The zero-order valence-corrected chi connectivity index (χ0v) is 16.1. The van der Waals surface area contributed by atoms with E-state index in [2.05, 4.69) is 15.3 Å². The first-order chi connectivity index (χ1) is 14.2. The molecule has 0 radical (unpaired) electrons. The van der Waals surface area contributed by atoms with Gasteiger partial charge in [-0.1, -0.05) is 36.4 Å². The lowest BCUT2D eigenvalue weighted by Gasteiger charge is -2.13. The van der Waals surface area contributed by atoms with Crippen LogP contribution >= 0.6 is 0 Å². The molecule has 4 rings (SSSR count). The van der Waals surface area contributed by atoms with Crippen molar-refractivity contribution in [2.45, 2.75) is 26.5 Å². The number of pyridine rings is 1. The van der Waals surface area contributed by atoms with Gasteiger partial charge in [0.25, 0.3) is 5.91 Å². The average Bonchev–Trinajstić information content (AvgIpc) is 3.26. The maximum absolute atomic E-state index is 12.8. The van der Waals surface area contributed by atoms with Crippen molar-refractivity contribution < 1.29 is 9.90 Å². The first-order valence-corrected chi connectivity index (χ1v) is 9.49. The first kappa shape index (κ1) is 18.8. The van der Waals surface area contributed by atoms with E-state index >= 15 is 0 Å². The fourth-order valence-electron chi connectivity index (χ4n) is 3.55. The lowest BCUT2D eigenvalue weighted by molar-refractivity contribution is 0.0949. The second-order valence-electron chi connectivity index (χ2n) is 6.95. The van der Waals surface area contributed by atoms with Gasteiger partial charge in [-0.25, -0.2) is 4.98 Å². The van der Waals surface area contributed by atoms with Crippen LogP contribution in [0.25, 0.3) is 10.9 Å². The molecule has 6 heteroatoms. The molecule has 0 saturated heterocycles. The van der Waals surface area contributed by atoms with Crippen LogP contribution in [0.2, 0.25) is 0 Å². The van der Waals surface area contributed by atoms with E-state index in [9.17, 15) is 9.90 Å². The quantitative estimate of drug-likeness (QED) is 0.474. The number of amides is 1. The summed E-state index contributed by atoms with van der Waals surface area (Å²) >= 11 is 0. The van der Waals surface area contributed by atoms with Gasteiger partial charge in [0.1, 0.15) is 5.82 Å². The zero-order chi connectivity index (χ0) is 20.2. The second-order valence-corrected chi connectivity index (χ2v) is 6.95. The molecule has 0 aliphatic heterocycles. The number of benzene rings is 2. The van der Waals surface area contributed by atoms with Crippen LogP contribution in [0.3, 0.4) is 0 Å². The lowest BCUT2D eigenvalue weighted by atomic mass is 9.96. The summed E-state index contributed by atoms with van der Waals surface area (Å²) in [5, 5.41) is 13.6. The van der Waals surface area contributed by atoms with E-state index in [0.29, 0.717) is 24.4 Å². The maximum Gasteiger partial charge on any atom is 0.251 e. The Morgan fingerprint density at radius 2 is 1.93 bits per heavy atom. The van der Waals surface area contributed by atoms with Crippen molar-refractivity contribution in [3.63, 3.8) is 0 Å². The number of fused-ring (bicyclic) bond motifs is 1. The minimum Gasteiger partial charge on any atom is -0.392 e. The zero-order valence-electron chi connectivity index (χ0n) is 16.1. The molecule has 0 atom stereocenters. The molecule has 4 aromatic rings. The van der Waals surface area contributed by atoms with Crippen LogP contribution in [-0.2, 0) is 19.6 Å². The normalized spacial score (nSPS) is 11.0. The number of nitrogens with zero attached hydrogens (tertiary/aromatic N) is 2. The van der Waals surface area contributed by atoms with E-state index in [1.807, 2.05) is 55.5 Å². The Labute approximate surface area is 168 Å². The van der Waals surface area contributed by atoms with E-state index in [1.165, 1.54) is 0 Å². The smallest absolute Gasteiger partial charge is 0.251 e. The monoisotopic (exact) mass is 386 g/mol. The molecule has 3 N–H and O–H groups in total. The van der Waals surface area contributed by atoms with Gasteiger partial charge in [0.15, 0.2) is 0 Å². The summed E-state index contributed by atoms with van der Waals surface area (Å²) in [6.45, 7) is 2.23. The fourth-order valence-corrected chi connectivity index (χ4v) is 3.55. The summed E-state index contributed by atoms with van der Waals surface area (Å²) < 4.78 is 0. The van der Waals surface area contributed by atoms with Gasteiger partial charge < -0.3 is 15.4 Å². The number of nitrogens with one attached hydrogen (secondary N) is 2. The Kier molecular flexibility index (Phi) is 5.35. The topological polar surface area (TPSA) is 90.9 Å². The molecular weight excluding hydrogens is 364 g/mol. The van der Waals surface area contributed by atoms with Gasteiger partial charge in [0, 0.05) is 35.5 Å². The van der Waals surface area contributed by atoms with Crippen LogP contribution in [0.4, 0.5) is 0 Å². The summed E-state index contributed by atoms with van der Waals surface area (Å²) in [5.74, 6) is 0.568. The van der Waals surface area contributed by atoms with Gasteiger partial charge in [0.2, 0.25) is 0 Å². The Morgan fingerprint density at radius 1 is 1.10 bits per heavy atom. The van der Waals surface area contributed by atoms with Gasteiger partial charge in [-0.15, -0.1) is 0 Å². The van der Waals surface area contributed by atoms with Gasteiger partial charge in [0.05, 0.1) is 18.7 Å². The molecule has 0 spiro atoms. The summed E-state index contributed by atoms with van der Waals surface area (Å²) in [7, 11) is 0. The Hall–Kier alpha value is -3.51. The molecule has 6 nitrogen and oxygen atoms in total. The molecule has 0 aliphatic carbocycles. The summed E-state index contributed by atoms with van der Waals surface area (Å²) in [4.78, 5) is 24.6. The lowest BCUT2D eigenvalue weighted by Crippen LogP contribution is -2.24. The summed E-state index contributed by atoms with van der Waals surface area (Å²) in [6, 6.07) is 15.4. The first-order valence-electron chi connectivity index (χ1n) is 9.49. The fraction of sp³-hybridized carbons (Fsp3) is 0.174. The Bertz CT molecular complexity index is 1150. The number of H-pyrrole nitrogens is 1. The second kappa shape index (κ2) is 8.24. The molecule has 2 heterocycles. The molecule has 0 aliphatic rings. The molecule has 29 heavy (non-hydrogen) atoms. The Balaban J connectivity index is 1.65. The van der Waals surface area contributed by atoms with Crippen LogP contribution < -0.4 is 5.32 Å². The average molecular weight is 386 g/mol. The van der Waals surface area contributed by atoms with E-state index in [4.69, 9.17) is 4.98 Å². The van der Waals surface area contributed by atoms with Crippen molar-refractivity contribution in [2.24, 2.45) is 0 Å². The highest BCUT2D eigenvalue weighted by molar-refractivity contribution is 5.96. The third-order valence-electron chi connectivity index (χ3n) is 4.92. The Morgan fingerprint density at radius 3 is 2.72 bits per heavy atom. The van der Waals surface area contributed by atoms with Crippen LogP contribution in [0.1, 0.15) is 38.6 Å². The number of aromatic nitrogens is 3. The molecule has 0 unspecified atom stereocenters. The molecular formula is C23H22N4O2. The number of carbonyl (C=O) groups is 1. The molecule has 0 saturated carbocycles. The highest BCUT2D eigenvalue weighted by Gasteiger charge is 2.14. The predicted molar refractivity (Wildman–Crippen MR) is 111 cm³/mol. The van der Waals surface area contributed by atoms with Gasteiger partial charge in [-0.2, -0.15) is 0 Å². The number of para-hydroxylation sites is 1. The third kappa shape index (κ3) is 4.02. The minimum absolute atomic E-state index is 0.0327. The number of imidazole rings is 1. The molecule has 0 fully saturated rings. The molecule has 0 bridgehead atoms. The number of aliphatic hydroxyl groups is 1. The predicted octanol–water partition coefficient (Wildman–Crippen LogP) is 3.28. The van der Waals surface area contributed by atoms with Crippen LogP contribution in [-0.4, -0.2) is 26.0 Å². The number of aliphatic hydroxyl groups excluding tert-OH is 1. The minimum atomic E-state index is -0.141. The number of carbonyl (C=O) groups excluding carboxylic acids is 1. The van der Waals surface area contributed by atoms with Crippen molar-refractivity contribution in [3.05, 3.63) is 94.7 Å². The molecule has 1 amide bonds. The van der Waals surface area contributed by atoms with Crippen LogP contribution in [0.5, 0.6) is 0 Å². The van der Waals surface area contributed by atoms with Gasteiger partial charge in [-0.3, -0.25) is 9.78 Å². The van der Waals surface area contributed by atoms with Gasteiger partial charge >= 0.3 is 0 Å². The number of hydrogen-bond donors (Lipinski definition) is 3. The van der Waals surface area contributed by atoms with E-state index in [1.54, 1.807) is 12.4 Å².